The van der Waals surface area contributed by atoms with Gasteiger partial charge in [0.2, 0.25) is 5.95 Å². The van der Waals surface area contributed by atoms with Crippen LogP contribution >= 0.6 is 11.3 Å². The number of anilines is 1. The van der Waals surface area contributed by atoms with Crippen molar-refractivity contribution in [1.29, 1.82) is 0 Å². The summed E-state index contributed by atoms with van der Waals surface area (Å²) >= 11 is 1.50. The Balaban J connectivity index is 1.49. The minimum Gasteiger partial charge on any atom is -0.351 e. The second-order valence-corrected chi connectivity index (χ2v) is 8.29. The first-order chi connectivity index (χ1) is 13.7. The first-order valence-electron chi connectivity index (χ1n) is 9.90. The van der Waals surface area contributed by atoms with E-state index in [-0.39, 0.29) is 11.9 Å². The van der Waals surface area contributed by atoms with Crippen LogP contribution in [0.3, 0.4) is 0 Å². The first-order valence-corrected chi connectivity index (χ1v) is 10.8. The molecule has 7 heteroatoms. The van der Waals surface area contributed by atoms with Gasteiger partial charge in [-0.25, -0.2) is 9.97 Å². The second-order valence-electron chi connectivity index (χ2n) is 7.38. The van der Waals surface area contributed by atoms with E-state index in [2.05, 4.69) is 25.6 Å². The van der Waals surface area contributed by atoms with Gasteiger partial charge in [0, 0.05) is 18.9 Å². The molecule has 2 N–H and O–H groups in total. The Morgan fingerprint density at radius 2 is 2.14 bits per heavy atom. The van der Waals surface area contributed by atoms with Crippen LogP contribution in [0.1, 0.15) is 61.1 Å². The molecule has 1 aliphatic carbocycles. The lowest BCUT2D eigenvalue weighted by Crippen LogP contribution is -2.27. The maximum absolute atomic E-state index is 12.8. The Hall–Kier alpha value is -2.54. The molecule has 0 unspecified atom stereocenters. The van der Waals surface area contributed by atoms with Crippen LogP contribution in [-0.4, -0.2) is 27.4 Å². The molecule has 0 aliphatic heterocycles. The third-order valence-electron chi connectivity index (χ3n) is 5.36. The summed E-state index contributed by atoms with van der Waals surface area (Å²) in [6.07, 6.45) is 9.84. The van der Waals surface area contributed by atoms with Crippen molar-refractivity contribution < 1.29 is 4.79 Å². The van der Waals surface area contributed by atoms with Gasteiger partial charge in [-0.05, 0) is 42.3 Å². The number of carbonyl (C=O) groups is 1. The molecule has 3 aromatic heterocycles. The molecule has 3 aromatic rings. The third kappa shape index (κ3) is 4.30. The van der Waals surface area contributed by atoms with Gasteiger partial charge in [-0.2, -0.15) is 0 Å². The highest BCUT2D eigenvalue weighted by Gasteiger charge is 2.19. The van der Waals surface area contributed by atoms with Crippen LogP contribution in [0.15, 0.2) is 36.0 Å². The normalized spacial score (nSPS) is 15.6. The zero-order chi connectivity index (χ0) is 19.3. The monoisotopic (exact) mass is 395 g/mol. The number of aromatic nitrogens is 3. The SMILES string of the molecule is C[C@H](Nc1nc(C(=O)NCCC2CCCC2)c2sccc2n1)c1cccnc1. The lowest BCUT2D eigenvalue weighted by atomic mass is 10.0. The molecular formula is C21H25N5OS. The molecule has 0 aromatic carbocycles. The minimum absolute atomic E-state index is 0.0111. The summed E-state index contributed by atoms with van der Waals surface area (Å²) in [5, 5.41) is 8.31. The molecule has 1 amide bonds. The number of carbonyl (C=O) groups excluding carboxylic acids is 1. The van der Waals surface area contributed by atoms with E-state index < -0.39 is 0 Å². The van der Waals surface area contributed by atoms with Crippen LogP contribution < -0.4 is 10.6 Å². The van der Waals surface area contributed by atoms with Crippen molar-refractivity contribution in [2.24, 2.45) is 5.92 Å². The molecule has 1 saturated carbocycles. The van der Waals surface area contributed by atoms with Crippen LogP contribution in [0.2, 0.25) is 0 Å². The molecule has 0 spiro atoms. The van der Waals surface area contributed by atoms with Crippen molar-refractivity contribution in [3.63, 3.8) is 0 Å². The predicted molar refractivity (Wildman–Crippen MR) is 113 cm³/mol. The van der Waals surface area contributed by atoms with E-state index >= 15 is 0 Å². The van der Waals surface area contributed by atoms with Crippen LogP contribution in [0, 0.1) is 5.92 Å². The Kier molecular flexibility index (Phi) is 5.81. The Morgan fingerprint density at radius 3 is 2.93 bits per heavy atom. The number of hydrogen-bond donors (Lipinski definition) is 2. The first kappa shape index (κ1) is 18.8. The van der Waals surface area contributed by atoms with Gasteiger partial charge < -0.3 is 10.6 Å². The second kappa shape index (κ2) is 8.65. The smallest absolute Gasteiger partial charge is 0.271 e. The molecule has 0 radical (unpaired) electrons. The highest BCUT2D eigenvalue weighted by atomic mass is 32.1. The molecule has 6 nitrogen and oxygen atoms in total. The van der Waals surface area contributed by atoms with Crippen molar-refractivity contribution in [2.75, 3.05) is 11.9 Å². The number of pyridine rings is 1. The fourth-order valence-corrected chi connectivity index (χ4v) is 4.58. The zero-order valence-electron chi connectivity index (χ0n) is 16.0. The van der Waals surface area contributed by atoms with Crippen LogP contribution in [0.5, 0.6) is 0 Å². The average molecular weight is 396 g/mol. The minimum atomic E-state index is -0.120. The molecular weight excluding hydrogens is 370 g/mol. The van der Waals surface area contributed by atoms with E-state index in [4.69, 9.17) is 0 Å². The average Bonchev–Trinajstić information content (AvgIpc) is 3.39. The standard InChI is InChI=1S/C21H25N5OS/c1-14(16-7-4-10-22-13-16)24-21-25-17-9-12-28-19(17)18(26-21)20(27)23-11-8-15-5-2-3-6-15/h4,7,9-10,12-15H,2-3,5-6,8,11H2,1H3,(H,23,27)(H,24,25,26)/t14-/m0/s1. The fourth-order valence-electron chi connectivity index (χ4n) is 3.76. The Morgan fingerprint density at radius 1 is 1.29 bits per heavy atom. The molecule has 3 heterocycles. The summed E-state index contributed by atoms with van der Waals surface area (Å²) in [7, 11) is 0. The predicted octanol–water partition coefficient (Wildman–Crippen LogP) is 4.57. The van der Waals surface area contributed by atoms with Crippen molar-refractivity contribution in [1.82, 2.24) is 20.3 Å². The van der Waals surface area contributed by atoms with Gasteiger partial charge in [0.25, 0.3) is 5.91 Å². The number of fused-ring (bicyclic) bond motifs is 1. The van der Waals surface area contributed by atoms with E-state index in [0.717, 1.165) is 28.1 Å². The zero-order valence-corrected chi connectivity index (χ0v) is 16.8. The molecule has 1 fully saturated rings. The van der Waals surface area contributed by atoms with Crippen LogP contribution in [-0.2, 0) is 0 Å². The van der Waals surface area contributed by atoms with Crippen LogP contribution in [0.4, 0.5) is 5.95 Å². The summed E-state index contributed by atoms with van der Waals surface area (Å²) in [4.78, 5) is 26.1. The summed E-state index contributed by atoms with van der Waals surface area (Å²) in [6, 6.07) is 5.82. The number of thiophene rings is 1. The van der Waals surface area contributed by atoms with E-state index in [1.54, 1.807) is 6.20 Å². The summed E-state index contributed by atoms with van der Waals surface area (Å²) < 4.78 is 0.831. The molecule has 146 valence electrons. The lowest BCUT2D eigenvalue weighted by molar-refractivity contribution is 0.0948. The maximum Gasteiger partial charge on any atom is 0.271 e. The molecule has 0 bridgehead atoms. The Labute approximate surface area is 168 Å². The fraction of sp³-hybridized carbons (Fsp3) is 0.429. The number of rotatable bonds is 7. The summed E-state index contributed by atoms with van der Waals surface area (Å²) in [5.74, 6) is 1.10. The number of nitrogens with one attached hydrogen (secondary N) is 2. The van der Waals surface area contributed by atoms with Gasteiger partial charge in [-0.1, -0.05) is 31.7 Å². The number of amides is 1. The van der Waals surface area contributed by atoms with E-state index in [9.17, 15) is 4.79 Å². The van der Waals surface area contributed by atoms with Crippen molar-refractivity contribution in [3.05, 3.63) is 47.2 Å². The summed E-state index contributed by atoms with van der Waals surface area (Å²) in [5.41, 5.74) is 2.29. The lowest BCUT2D eigenvalue weighted by Gasteiger charge is -2.15. The molecule has 28 heavy (non-hydrogen) atoms. The third-order valence-corrected chi connectivity index (χ3v) is 6.27. The van der Waals surface area contributed by atoms with E-state index in [1.165, 1.54) is 37.0 Å². The van der Waals surface area contributed by atoms with E-state index in [0.29, 0.717) is 18.2 Å². The highest BCUT2D eigenvalue weighted by molar-refractivity contribution is 7.17. The topological polar surface area (TPSA) is 79.8 Å². The van der Waals surface area contributed by atoms with Crippen molar-refractivity contribution in [2.45, 2.75) is 45.1 Å². The van der Waals surface area contributed by atoms with Gasteiger partial charge in [0.05, 0.1) is 16.3 Å². The molecule has 0 saturated heterocycles. The molecule has 4 rings (SSSR count). The molecule has 1 atom stereocenters. The van der Waals surface area contributed by atoms with Gasteiger partial charge >= 0.3 is 0 Å². The Bertz CT molecular complexity index is 936. The molecule has 1 aliphatic rings. The van der Waals surface area contributed by atoms with Crippen molar-refractivity contribution >= 4 is 33.4 Å². The van der Waals surface area contributed by atoms with E-state index in [1.807, 2.05) is 36.7 Å². The van der Waals surface area contributed by atoms with Crippen molar-refractivity contribution in [3.8, 4) is 0 Å². The van der Waals surface area contributed by atoms with Gasteiger partial charge in [0.15, 0.2) is 5.69 Å². The largest absolute Gasteiger partial charge is 0.351 e. The van der Waals surface area contributed by atoms with Gasteiger partial charge in [-0.3, -0.25) is 9.78 Å². The maximum atomic E-state index is 12.8. The quantitative estimate of drug-likeness (QED) is 0.613. The number of nitrogens with zero attached hydrogens (tertiary/aromatic N) is 3. The van der Waals surface area contributed by atoms with Crippen LogP contribution in [0.25, 0.3) is 10.2 Å². The number of hydrogen-bond acceptors (Lipinski definition) is 6. The van der Waals surface area contributed by atoms with Gasteiger partial charge in [0.1, 0.15) is 0 Å². The summed E-state index contributed by atoms with van der Waals surface area (Å²) in [6.45, 7) is 2.73. The van der Waals surface area contributed by atoms with Gasteiger partial charge in [-0.15, -0.1) is 11.3 Å². The highest BCUT2D eigenvalue weighted by Crippen LogP contribution is 2.27.